The molecule has 3 rings (SSSR count). The zero-order valence-corrected chi connectivity index (χ0v) is 8.82. The second-order valence-corrected chi connectivity index (χ2v) is 4.74. The van der Waals surface area contributed by atoms with Crippen molar-refractivity contribution in [2.45, 2.75) is 20.4 Å². The second kappa shape index (κ2) is 2.48. The molecule has 0 saturated carbocycles. The molecule has 2 aromatic rings. The van der Waals surface area contributed by atoms with Crippen LogP contribution < -0.4 is 0 Å². The number of Topliss-reactive ketones (excluding diaryl/α,β-unsaturated/α-hetero) is 1. The van der Waals surface area contributed by atoms with Crippen molar-refractivity contribution in [2.24, 2.45) is 5.41 Å². The molecule has 0 atom stereocenters. The molecule has 3 heterocycles. The summed E-state index contributed by atoms with van der Waals surface area (Å²) in [5, 5.41) is 0. The SMILES string of the molecule is CC1(C)Cn2c(cc3ncccc32)C1=O. The van der Waals surface area contributed by atoms with Gasteiger partial charge in [0.15, 0.2) is 5.78 Å². The molecule has 0 aromatic carbocycles. The van der Waals surface area contributed by atoms with Crippen molar-refractivity contribution < 1.29 is 4.79 Å². The average Bonchev–Trinajstić information content (AvgIpc) is 2.65. The van der Waals surface area contributed by atoms with Crippen molar-refractivity contribution in [2.75, 3.05) is 0 Å². The summed E-state index contributed by atoms with van der Waals surface area (Å²) in [6.07, 6.45) is 1.76. The molecule has 0 N–H and O–H groups in total. The number of ketones is 1. The molecule has 0 saturated heterocycles. The zero-order valence-electron chi connectivity index (χ0n) is 8.82. The Morgan fingerprint density at radius 1 is 1.47 bits per heavy atom. The van der Waals surface area contributed by atoms with E-state index in [1.807, 2.05) is 32.0 Å². The Kier molecular flexibility index (Phi) is 1.43. The monoisotopic (exact) mass is 200 g/mol. The molecule has 0 spiro atoms. The lowest BCUT2D eigenvalue weighted by atomic mass is 9.90. The third-order valence-corrected chi connectivity index (χ3v) is 3.07. The van der Waals surface area contributed by atoms with Gasteiger partial charge in [-0.25, -0.2) is 0 Å². The van der Waals surface area contributed by atoms with Gasteiger partial charge in [0.1, 0.15) is 0 Å². The predicted molar refractivity (Wildman–Crippen MR) is 57.8 cm³/mol. The van der Waals surface area contributed by atoms with Crippen LogP contribution in [0.25, 0.3) is 11.0 Å². The molecule has 15 heavy (non-hydrogen) atoms. The highest BCUT2D eigenvalue weighted by atomic mass is 16.1. The molecule has 2 aromatic heterocycles. The molecule has 0 radical (unpaired) electrons. The highest BCUT2D eigenvalue weighted by molar-refractivity contribution is 6.04. The van der Waals surface area contributed by atoms with Gasteiger partial charge in [-0.05, 0) is 18.2 Å². The maximum atomic E-state index is 12.0. The van der Waals surface area contributed by atoms with Gasteiger partial charge < -0.3 is 4.57 Å². The minimum atomic E-state index is -0.265. The van der Waals surface area contributed by atoms with Crippen LogP contribution in [-0.2, 0) is 6.54 Å². The summed E-state index contributed by atoms with van der Waals surface area (Å²) < 4.78 is 2.07. The van der Waals surface area contributed by atoms with Crippen molar-refractivity contribution in [1.82, 2.24) is 9.55 Å². The molecular weight excluding hydrogens is 188 g/mol. The number of carbonyl (C=O) groups excluding carboxylic acids is 1. The number of hydrogen-bond acceptors (Lipinski definition) is 2. The molecular formula is C12H12N2O. The first-order valence-corrected chi connectivity index (χ1v) is 5.09. The van der Waals surface area contributed by atoms with E-state index in [9.17, 15) is 4.79 Å². The van der Waals surface area contributed by atoms with Crippen LogP contribution in [0.5, 0.6) is 0 Å². The summed E-state index contributed by atoms with van der Waals surface area (Å²) in [7, 11) is 0. The lowest BCUT2D eigenvalue weighted by Crippen LogP contribution is -2.19. The summed E-state index contributed by atoms with van der Waals surface area (Å²) in [6.45, 7) is 4.74. The van der Waals surface area contributed by atoms with E-state index in [1.54, 1.807) is 6.20 Å². The van der Waals surface area contributed by atoms with Crippen molar-refractivity contribution in [3.63, 3.8) is 0 Å². The first-order valence-electron chi connectivity index (χ1n) is 5.09. The molecule has 3 heteroatoms. The maximum absolute atomic E-state index is 12.0. The smallest absolute Gasteiger partial charge is 0.186 e. The first-order chi connectivity index (χ1) is 7.09. The van der Waals surface area contributed by atoms with E-state index in [-0.39, 0.29) is 11.2 Å². The molecule has 0 aliphatic carbocycles. The van der Waals surface area contributed by atoms with Crippen LogP contribution in [0.3, 0.4) is 0 Å². The van der Waals surface area contributed by atoms with Crippen LogP contribution in [0.15, 0.2) is 24.4 Å². The topological polar surface area (TPSA) is 34.9 Å². The van der Waals surface area contributed by atoms with Crippen molar-refractivity contribution in [3.05, 3.63) is 30.1 Å². The highest BCUT2D eigenvalue weighted by Gasteiger charge is 2.38. The van der Waals surface area contributed by atoms with Crippen LogP contribution in [0.2, 0.25) is 0 Å². The summed E-state index contributed by atoms with van der Waals surface area (Å²) in [4.78, 5) is 16.3. The molecule has 3 nitrogen and oxygen atoms in total. The summed E-state index contributed by atoms with van der Waals surface area (Å²) in [5.74, 6) is 0.223. The Morgan fingerprint density at radius 2 is 2.27 bits per heavy atom. The van der Waals surface area contributed by atoms with Crippen LogP contribution >= 0.6 is 0 Å². The van der Waals surface area contributed by atoms with E-state index < -0.39 is 0 Å². The van der Waals surface area contributed by atoms with Gasteiger partial charge in [-0.1, -0.05) is 13.8 Å². The lowest BCUT2D eigenvalue weighted by molar-refractivity contribution is 0.0861. The number of carbonyl (C=O) groups is 1. The van der Waals surface area contributed by atoms with Crippen LogP contribution in [0.4, 0.5) is 0 Å². The Morgan fingerprint density at radius 3 is 3.07 bits per heavy atom. The van der Waals surface area contributed by atoms with E-state index in [4.69, 9.17) is 0 Å². The fourth-order valence-corrected chi connectivity index (χ4v) is 2.26. The second-order valence-electron chi connectivity index (χ2n) is 4.74. The third kappa shape index (κ3) is 1.00. The normalized spacial score (nSPS) is 18.4. The van der Waals surface area contributed by atoms with Gasteiger partial charge in [-0.15, -0.1) is 0 Å². The number of aromatic nitrogens is 2. The average molecular weight is 200 g/mol. The van der Waals surface area contributed by atoms with Crippen molar-refractivity contribution >= 4 is 16.8 Å². The quantitative estimate of drug-likeness (QED) is 0.653. The molecule has 76 valence electrons. The van der Waals surface area contributed by atoms with Crippen molar-refractivity contribution in [3.8, 4) is 0 Å². The highest BCUT2D eigenvalue weighted by Crippen LogP contribution is 2.35. The zero-order chi connectivity index (χ0) is 10.6. The Balaban J connectivity index is 2.33. The van der Waals surface area contributed by atoms with Gasteiger partial charge in [-0.3, -0.25) is 9.78 Å². The Bertz CT molecular complexity index is 566. The Labute approximate surface area is 87.7 Å². The number of hydrogen-bond donors (Lipinski definition) is 0. The van der Waals surface area contributed by atoms with Crippen LogP contribution in [0.1, 0.15) is 24.3 Å². The van der Waals surface area contributed by atoms with Crippen LogP contribution in [0, 0.1) is 5.41 Å². The third-order valence-electron chi connectivity index (χ3n) is 3.07. The standard InChI is InChI=1S/C12H12N2O/c1-12(2)7-14-9-4-3-5-13-8(9)6-10(14)11(12)15/h3-6H,7H2,1-2H3. The Hall–Kier alpha value is -1.64. The predicted octanol–water partition coefficient (Wildman–Crippen LogP) is 2.26. The number of fused-ring (bicyclic) bond motifs is 3. The molecule has 1 aliphatic rings. The van der Waals surface area contributed by atoms with Crippen LogP contribution in [-0.4, -0.2) is 15.3 Å². The van der Waals surface area contributed by atoms with Gasteiger partial charge in [0.25, 0.3) is 0 Å². The van der Waals surface area contributed by atoms with Gasteiger partial charge in [0.05, 0.1) is 16.7 Å². The van der Waals surface area contributed by atoms with E-state index in [0.29, 0.717) is 0 Å². The van der Waals surface area contributed by atoms with Gasteiger partial charge in [0, 0.05) is 18.2 Å². The molecule has 0 unspecified atom stereocenters. The van der Waals surface area contributed by atoms with Crippen molar-refractivity contribution in [1.29, 1.82) is 0 Å². The molecule has 0 bridgehead atoms. The van der Waals surface area contributed by atoms with Gasteiger partial charge in [-0.2, -0.15) is 0 Å². The van der Waals surface area contributed by atoms with E-state index >= 15 is 0 Å². The minimum Gasteiger partial charge on any atom is -0.336 e. The fourth-order valence-electron chi connectivity index (χ4n) is 2.26. The van der Waals surface area contributed by atoms with E-state index in [0.717, 1.165) is 23.3 Å². The minimum absolute atomic E-state index is 0.223. The summed E-state index contributed by atoms with van der Waals surface area (Å²) >= 11 is 0. The largest absolute Gasteiger partial charge is 0.336 e. The fraction of sp³-hybridized carbons (Fsp3) is 0.333. The number of pyridine rings is 1. The van der Waals surface area contributed by atoms with E-state index in [2.05, 4.69) is 9.55 Å². The molecule has 0 amide bonds. The summed E-state index contributed by atoms with van der Waals surface area (Å²) in [5.41, 5.74) is 2.51. The number of nitrogens with zero attached hydrogens (tertiary/aromatic N) is 2. The molecule has 0 fully saturated rings. The molecule has 1 aliphatic heterocycles. The van der Waals surface area contributed by atoms with Gasteiger partial charge >= 0.3 is 0 Å². The van der Waals surface area contributed by atoms with E-state index in [1.165, 1.54) is 0 Å². The first kappa shape index (κ1) is 8.65. The van der Waals surface area contributed by atoms with Gasteiger partial charge in [0.2, 0.25) is 0 Å². The summed E-state index contributed by atoms with van der Waals surface area (Å²) in [6, 6.07) is 5.82. The lowest BCUT2D eigenvalue weighted by Gasteiger charge is -2.13. The maximum Gasteiger partial charge on any atom is 0.186 e. The number of rotatable bonds is 0.